The van der Waals surface area contributed by atoms with Gasteiger partial charge < -0.3 is 14.1 Å². The molecule has 7 heteroatoms. The molecule has 0 bridgehead atoms. The summed E-state index contributed by atoms with van der Waals surface area (Å²) in [5, 5.41) is 0. The van der Waals surface area contributed by atoms with Crippen molar-refractivity contribution in [2.45, 2.75) is 37.8 Å². The maximum absolute atomic E-state index is 12.7. The highest BCUT2D eigenvalue weighted by Crippen LogP contribution is 2.22. The topological polar surface area (TPSA) is 72.6 Å². The summed E-state index contributed by atoms with van der Waals surface area (Å²) >= 11 is 1.48. The Labute approximate surface area is 151 Å². The molecule has 0 spiro atoms. The molecule has 0 fully saturated rings. The molecular formula is C18H22N2O4S. The van der Waals surface area contributed by atoms with Gasteiger partial charge in [-0.1, -0.05) is 18.2 Å². The molecule has 0 unspecified atom stereocenters. The Morgan fingerprint density at radius 3 is 2.52 bits per heavy atom. The second kappa shape index (κ2) is 8.20. The van der Waals surface area contributed by atoms with Crippen LogP contribution in [0.3, 0.4) is 0 Å². The number of aromatic nitrogens is 1. The maximum Gasteiger partial charge on any atom is 0.360 e. The van der Waals surface area contributed by atoms with Crippen molar-refractivity contribution >= 4 is 23.6 Å². The molecule has 1 amide bonds. The molecule has 0 aliphatic carbocycles. The number of hydrogen-bond donors (Lipinski definition) is 0. The quantitative estimate of drug-likeness (QED) is 0.579. The summed E-state index contributed by atoms with van der Waals surface area (Å²) in [4.78, 5) is 31.0. The molecule has 0 saturated carbocycles. The van der Waals surface area contributed by atoms with Crippen molar-refractivity contribution in [3.8, 4) is 0 Å². The van der Waals surface area contributed by atoms with Crippen molar-refractivity contribution < 1.29 is 18.7 Å². The van der Waals surface area contributed by atoms with Crippen molar-refractivity contribution in [3.63, 3.8) is 0 Å². The van der Waals surface area contributed by atoms with Gasteiger partial charge in [-0.2, -0.15) is 0 Å². The first-order chi connectivity index (χ1) is 11.8. The summed E-state index contributed by atoms with van der Waals surface area (Å²) in [5.41, 5.74) is -0.314. The number of carbonyl (C=O) groups is 2. The third-order valence-electron chi connectivity index (χ3n) is 3.46. The number of benzene rings is 1. The lowest BCUT2D eigenvalue weighted by Crippen LogP contribution is -2.46. The minimum Gasteiger partial charge on any atom is -0.464 e. The van der Waals surface area contributed by atoms with Crippen molar-refractivity contribution in [1.29, 1.82) is 0 Å². The highest BCUT2D eigenvalue weighted by molar-refractivity contribution is 8.00. The van der Waals surface area contributed by atoms with E-state index in [0.717, 1.165) is 4.90 Å². The average molecular weight is 362 g/mol. The Morgan fingerprint density at radius 2 is 1.92 bits per heavy atom. The fraction of sp³-hybridized carbons (Fsp3) is 0.389. The molecule has 1 aromatic carbocycles. The Hall–Kier alpha value is -2.28. The third kappa shape index (κ3) is 5.35. The van der Waals surface area contributed by atoms with Gasteiger partial charge in [0, 0.05) is 10.4 Å². The normalized spacial score (nSPS) is 11.2. The van der Waals surface area contributed by atoms with Crippen LogP contribution < -0.4 is 0 Å². The van der Waals surface area contributed by atoms with E-state index in [1.54, 1.807) is 4.90 Å². The molecule has 0 aliphatic rings. The largest absolute Gasteiger partial charge is 0.464 e. The molecule has 0 N–H and O–H groups in total. The summed E-state index contributed by atoms with van der Waals surface area (Å²) in [7, 11) is 1.28. The van der Waals surface area contributed by atoms with Crippen LogP contribution in [-0.4, -0.2) is 40.2 Å². The number of nitrogens with zero attached hydrogens (tertiary/aromatic N) is 2. The van der Waals surface area contributed by atoms with E-state index >= 15 is 0 Å². The van der Waals surface area contributed by atoms with Crippen molar-refractivity contribution in [2.24, 2.45) is 0 Å². The van der Waals surface area contributed by atoms with Gasteiger partial charge in [0.2, 0.25) is 11.8 Å². The fourth-order valence-electron chi connectivity index (χ4n) is 2.16. The first-order valence-electron chi connectivity index (χ1n) is 7.82. The van der Waals surface area contributed by atoms with E-state index in [1.807, 2.05) is 51.1 Å². The number of rotatable bonds is 6. The lowest BCUT2D eigenvalue weighted by molar-refractivity contribution is -0.134. The Balaban J connectivity index is 2.06. The number of oxazole rings is 1. The summed E-state index contributed by atoms with van der Waals surface area (Å²) in [5.74, 6) is 0.0158. The van der Waals surface area contributed by atoms with E-state index in [9.17, 15) is 9.59 Å². The van der Waals surface area contributed by atoms with E-state index in [0.29, 0.717) is 11.6 Å². The van der Waals surface area contributed by atoms with Crippen LogP contribution in [0.4, 0.5) is 0 Å². The molecule has 1 aromatic heterocycles. The number of amides is 1. The van der Waals surface area contributed by atoms with E-state index in [-0.39, 0.29) is 18.1 Å². The van der Waals surface area contributed by atoms with Crippen LogP contribution in [0.1, 0.15) is 37.2 Å². The van der Waals surface area contributed by atoms with Crippen LogP contribution in [0.2, 0.25) is 0 Å². The predicted molar refractivity (Wildman–Crippen MR) is 95.3 cm³/mol. The van der Waals surface area contributed by atoms with Gasteiger partial charge in [0.05, 0.1) is 19.4 Å². The first-order valence-corrected chi connectivity index (χ1v) is 8.81. The van der Waals surface area contributed by atoms with Gasteiger partial charge in [0.15, 0.2) is 5.69 Å². The fourth-order valence-corrected chi connectivity index (χ4v) is 2.95. The summed E-state index contributed by atoms with van der Waals surface area (Å²) in [6.45, 7) is 6.03. The molecule has 0 atom stereocenters. The molecular weight excluding hydrogens is 340 g/mol. The Bertz CT molecular complexity index is 722. The molecule has 134 valence electrons. The lowest BCUT2D eigenvalue weighted by atomic mass is 10.1. The monoisotopic (exact) mass is 362 g/mol. The lowest BCUT2D eigenvalue weighted by Gasteiger charge is -2.34. The highest BCUT2D eigenvalue weighted by atomic mass is 32.2. The van der Waals surface area contributed by atoms with Crippen molar-refractivity contribution in [2.75, 3.05) is 12.9 Å². The van der Waals surface area contributed by atoms with Gasteiger partial charge in [-0.25, -0.2) is 9.78 Å². The zero-order chi connectivity index (χ0) is 18.4. The molecule has 0 radical (unpaired) electrons. The second-order valence-corrected chi connectivity index (χ2v) is 7.42. The van der Waals surface area contributed by atoms with Crippen LogP contribution >= 0.6 is 11.8 Å². The predicted octanol–water partition coefficient (Wildman–Crippen LogP) is 3.38. The molecule has 0 saturated heterocycles. The van der Waals surface area contributed by atoms with Gasteiger partial charge in [0.25, 0.3) is 0 Å². The number of esters is 1. The van der Waals surface area contributed by atoms with E-state index < -0.39 is 11.5 Å². The molecule has 2 aromatic rings. The molecule has 1 heterocycles. The summed E-state index contributed by atoms with van der Waals surface area (Å²) < 4.78 is 9.93. The Kier molecular flexibility index (Phi) is 6.25. The number of ether oxygens (including phenoxy) is 1. The van der Waals surface area contributed by atoms with Crippen LogP contribution in [0, 0.1) is 0 Å². The molecule has 6 nitrogen and oxygen atoms in total. The second-order valence-electron chi connectivity index (χ2n) is 6.37. The number of methoxy groups -OCH3 is 1. The van der Waals surface area contributed by atoms with E-state index in [4.69, 9.17) is 4.42 Å². The smallest absolute Gasteiger partial charge is 0.360 e. The number of thioether (sulfide) groups is 1. The minimum atomic E-state index is -0.566. The van der Waals surface area contributed by atoms with E-state index in [1.165, 1.54) is 25.1 Å². The average Bonchev–Trinajstić information content (AvgIpc) is 3.05. The van der Waals surface area contributed by atoms with Gasteiger partial charge >= 0.3 is 5.97 Å². The van der Waals surface area contributed by atoms with Gasteiger partial charge in [-0.15, -0.1) is 11.8 Å². The van der Waals surface area contributed by atoms with Gasteiger partial charge in [-0.05, 0) is 32.9 Å². The van der Waals surface area contributed by atoms with Crippen LogP contribution in [0.25, 0.3) is 0 Å². The molecule has 2 rings (SSSR count). The maximum atomic E-state index is 12.7. The van der Waals surface area contributed by atoms with Gasteiger partial charge in [-0.3, -0.25) is 4.79 Å². The first kappa shape index (κ1) is 19.1. The Morgan fingerprint density at radius 1 is 1.24 bits per heavy atom. The van der Waals surface area contributed by atoms with Crippen LogP contribution in [0.15, 0.2) is 45.9 Å². The SMILES string of the molecule is COC(=O)c1coc(CN(C(=O)CSc2ccccc2)C(C)(C)C)n1. The third-order valence-corrected chi connectivity index (χ3v) is 4.45. The van der Waals surface area contributed by atoms with Crippen LogP contribution in [-0.2, 0) is 16.1 Å². The summed E-state index contributed by atoms with van der Waals surface area (Å²) in [6, 6.07) is 9.76. The van der Waals surface area contributed by atoms with E-state index in [2.05, 4.69) is 9.72 Å². The van der Waals surface area contributed by atoms with Crippen molar-refractivity contribution in [1.82, 2.24) is 9.88 Å². The zero-order valence-electron chi connectivity index (χ0n) is 14.8. The van der Waals surface area contributed by atoms with Crippen molar-refractivity contribution in [3.05, 3.63) is 48.2 Å². The molecule has 25 heavy (non-hydrogen) atoms. The number of carbonyl (C=O) groups excluding carboxylic acids is 2. The highest BCUT2D eigenvalue weighted by Gasteiger charge is 2.28. The summed E-state index contributed by atoms with van der Waals surface area (Å²) in [6.07, 6.45) is 1.24. The molecule has 0 aliphatic heterocycles. The standard InChI is InChI=1S/C18H22N2O4S/c1-18(2,3)20(10-15-19-14(11-24-15)17(22)23-4)16(21)12-25-13-8-6-5-7-9-13/h5-9,11H,10,12H2,1-4H3. The number of hydrogen-bond acceptors (Lipinski definition) is 6. The minimum absolute atomic E-state index is 0.0285. The zero-order valence-corrected chi connectivity index (χ0v) is 15.6. The van der Waals surface area contributed by atoms with Crippen LogP contribution in [0.5, 0.6) is 0 Å². The van der Waals surface area contributed by atoms with Gasteiger partial charge in [0.1, 0.15) is 6.26 Å².